The molecule has 0 aromatic carbocycles. The molecule has 0 aliphatic heterocycles. The van der Waals surface area contributed by atoms with E-state index in [2.05, 4.69) is 27.0 Å². The number of amides is 1. The standard InChI is InChI=1S/C13H22N2OS/c1-13(2,3)12(16)14-8-11(15(4)5)10-6-7-17-9-10/h6-7,9,11H,8H2,1-5H3,(H,14,16)/t11-/m1/s1. The first-order valence-corrected chi connectivity index (χ1v) is 6.73. The van der Waals surface area contributed by atoms with Crippen LogP contribution < -0.4 is 5.32 Å². The summed E-state index contributed by atoms with van der Waals surface area (Å²) in [6.07, 6.45) is 0. The summed E-state index contributed by atoms with van der Waals surface area (Å²) < 4.78 is 0. The summed E-state index contributed by atoms with van der Waals surface area (Å²) in [7, 11) is 4.07. The number of thiophene rings is 1. The van der Waals surface area contributed by atoms with E-state index < -0.39 is 0 Å². The van der Waals surface area contributed by atoms with Gasteiger partial charge in [-0.05, 0) is 36.5 Å². The van der Waals surface area contributed by atoms with Crippen molar-refractivity contribution < 1.29 is 4.79 Å². The van der Waals surface area contributed by atoms with Gasteiger partial charge in [-0.15, -0.1) is 0 Å². The zero-order valence-corrected chi connectivity index (χ0v) is 12.1. The molecule has 96 valence electrons. The van der Waals surface area contributed by atoms with Crippen molar-refractivity contribution in [1.29, 1.82) is 0 Å². The Bertz CT molecular complexity index is 352. The molecular formula is C13H22N2OS. The van der Waals surface area contributed by atoms with E-state index in [-0.39, 0.29) is 17.4 Å². The van der Waals surface area contributed by atoms with Gasteiger partial charge in [0.25, 0.3) is 0 Å². The first-order chi connectivity index (χ1) is 7.82. The van der Waals surface area contributed by atoms with Crippen LogP contribution in [-0.2, 0) is 4.79 Å². The van der Waals surface area contributed by atoms with Gasteiger partial charge >= 0.3 is 0 Å². The predicted octanol–water partition coefficient (Wildman–Crippen LogP) is 2.51. The number of hydrogen-bond donors (Lipinski definition) is 1. The molecule has 1 aromatic rings. The van der Waals surface area contributed by atoms with Crippen LogP contribution in [0.3, 0.4) is 0 Å². The first-order valence-electron chi connectivity index (χ1n) is 5.79. The molecule has 3 nitrogen and oxygen atoms in total. The lowest BCUT2D eigenvalue weighted by molar-refractivity contribution is -0.128. The fourth-order valence-electron chi connectivity index (χ4n) is 1.52. The number of carbonyl (C=O) groups excluding carboxylic acids is 1. The van der Waals surface area contributed by atoms with Gasteiger partial charge in [-0.1, -0.05) is 20.8 Å². The van der Waals surface area contributed by atoms with Crippen LogP contribution in [0.5, 0.6) is 0 Å². The average molecular weight is 254 g/mol. The molecule has 0 unspecified atom stereocenters. The van der Waals surface area contributed by atoms with Gasteiger partial charge in [0.2, 0.25) is 5.91 Å². The highest BCUT2D eigenvalue weighted by Crippen LogP contribution is 2.20. The normalized spacial score (nSPS) is 13.8. The zero-order valence-electron chi connectivity index (χ0n) is 11.3. The lowest BCUT2D eigenvalue weighted by Crippen LogP contribution is -2.40. The maximum atomic E-state index is 11.8. The molecule has 1 amide bonds. The summed E-state index contributed by atoms with van der Waals surface area (Å²) in [5.74, 6) is 0.0968. The quantitative estimate of drug-likeness (QED) is 0.895. The molecule has 0 radical (unpaired) electrons. The molecule has 1 N–H and O–H groups in total. The van der Waals surface area contributed by atoms with E-state index in [4.69, 9.17) is 0 Å². The van der Waals surface area contributed by atoms with Crippen molar-refractivity contribution in [3.63, 3.8) is 0 Å². The number of carbonyl (C=O) groups is 1. The minimum Gasteiger partial charge on any atom is -0.354 e. The molecule has 0 aliphatic rings. The summed E-state index contributed by atoms with van der Waals surface area (Å²) in [5, 5.41) is 7.22. The predicted molar refractivity (Wildman–Crippen MR) is 73.2 cm³/mol. The first kappa shape index (κ1) is 14.2. The van der Waals surface area contributed by atoms with Crippen LogP contribution >= 0.6 is 11.3 Å². The number of nitrogens with one attached hydrogen (secondary N) is 1. The van der Waals surface area contributed by atoms with E-state index in [9.17, 15) is 4.79 Å². The monoisotopic (exact) mass is 254 g/mol. The Morgan fingerprint density at radius 3 is 2.53 bits per heavy atom. The highest BCUT2D eigenvalue weighted by molar-refractivity contribution is 7.07. The number of rotatable bonds is 4. The second-order valence-electron chi connectivity index (χ2n) is 5.50. The lowest BCUT2D eigenvalue weighted by atomic mass is 9.95. The van der Waals surface area contributed by atoms with E-state index in [1.54, 1.807) is 11.3 Å². The van der Waals surface area contributed by atoms with Crippen molar-refractivity contribution in [2.45, 2.75) is 26.8 Å². The molecule has 1 heterocycles. The van der Waals surface area contributed by atoms with Crippen molar-refractivity contribution in [3.8, 4) is 0 Å². The van der Waals surface area contributed by atoms with Gasteiger partial charge in [-0.25, -0.2) is 0 Å². The van der Waals surface area contributed by atoms with Gasteiger partial charge in [0, 0.05) is 12.0 Å². The van der Waals surface area contributed by atoms with Crippen LogP contribution in [0.4, 0.5) is 0 Å². The second kappa shape index (κ2) is 5.65. The van der Waals surface area contributed by atoms with E-state index in [0.29, 0.717) is 6.54 Å². The van der Waals surface area contributed by atoms with Crippen molar-refractivity contribution in [2.75, 3.05) is 20.6 Å². The molecule has 1 aromatic heterocycles. The number of likely N-dealkylation sites (N-methyl/N-ethyl adjacent to an activating group) is 1. The van der Waals surface area contributed by atoms with Crippen LogP contribution in [0.1, 0.15) is 32.4 Å². The Kier molecular flexibility index (Phi) is 4.71. The Balaban J connectivity index is 2.61. The van der Waals surface area contributed by atoms with Crippen molar-refractivity contribution in [2.24, 2.45) is 5.41 Å². The Morgan fingerprint density at radius 2 is 2.12 bits per heavy atom. The van der Waals surface area contributed by atoms with Crippen molar-refractivity contribution in [1.82, 2.24) is 10.2 Å². The third-order valence-corrected chi connectivity index (χ3v) is 3.39. The van der Waals surface area contributed by atoms with E-state index in [0.717, 1.165) is 0 Å². The van der Waals surface area contributed by atoms with Gasteiger partial charge in [0.05, 0.1) is 6.04 Å². The summed E-state index contributed by atoms with van der Waals surface area (Å²) >= 11 is 1.69. The van der Waals surface area contributed by atoms with Gasteiger partial charge in [0.1, 0.15) is 0 Å². The highest BCUT2D eigenvalue weighted by atomic mass is 32.1. The van der Waals surface area contributed by atoms with Gasteiger partial charge in [0.15, 0.2) is 0 Å². The van der Waals surface area contributed by atoms with Crippen LogP contribution in [0.25, 0.3) is 0 Å². The Morgan fingerprint density at radius 1 is 1.47 bits per heavy atom. The van der Waals surface area contributed by atoms with Crippen LogP contribution in [0, 0.1) is 5.41 Å². The third kappa shape index (κ3) is 4.13. The molecular weight excluding hydrogens is 232 g/mol. The summed E-state index contributed by atoms with van der Waals surface area (Å²) in [5.41, 5.74) is 0.931. The molecule has 1 atom stereocenters. The second-order valence-corrected chi connectivity index (χ2v) is 6.28. The van der Waals surface area contributed by atoms with E-state index >= 15 is 0 Å². The maximum absolute atomic E-state index is 11.8. The van der Waals surface area contributed by atoms with Crippen LogP contribution in [0.2, 0.25) is 0 Å². The van der Waals surface area contributed by atoms with E-state index in [1.807, 2.05) is 34.9 Å². The SMILES string of the molecule is CN(C)[C@H](CNC(=O)C(C)(C)C)c1ccsc1. The minimum absolute atomic E-state index is 0.0968. The molecule has 0 aliphatic carbocycles. The summed E-state index contributed by atoms with van der Waals surface area (Å²) in [4.78, 5) is 14.0. The van der Waals surface area contributed by atoms with Crippen molar-refractivity contribution in [3.05, 3.63) is 22.4 Å². The molecule has 0 saturated heterocycles. The Hall–Kier alpha value is -0.870. The topological polar surface area (TPSA) is 32.3 Å². The minimum atomic E-state index is -0.328. The zero-order chi connectivity index (χ0) is 13.1. The van der Waals surface area contributed by atoms with Gasteiger partial charge in [-0.3, -0.25) is 4.79 Å². The molecule has 0 spiro atoms. The molecule has 17 heavy (non-hydrogen) atoms. The largest absolute Gasteiger partial charge is 0.354 e. The maximum Gasteiger partial charge on any atom is 0.225 e. The van der Waals surface area contributed by atoms with E-state index in [1.165, 1.54) is 5.56 Å². The average Bonchev–Trinajstić information content (AvgIpc) is 2.69. The third-order valence-electron chi connectivity index (χ3n) is 2.69. The summed E-state index contributed by atoms with van der Waals surface area (Å²) in [6.45, 7) is 6.44. The highest BCUT2D eigenvalue weighted by Gasteiger charge is 2.23. The lowest BCUT2D eigenvalue weighted by Gasteiger charge is -2.26. The molecule has 0 bridgehead atoms. The Labute approximate surface area is 108 Å². The van der Waals surface area contributed by atoms with Crippen LogP contribution in [0.15, 0.2) is 16.8 Å². The van der Waals surface area contributed by atoms with Gasteiger partial charge in [-0.2, -0.15) is 11.3 Å². The van der Waals surface area contributed by atoms with Gasteiger partial charge < -0.3 is 10.2 Å². The molecule has 1 rings (SSSR count). The van der Waals surface area contributed by atoms with Crippen molar-refractivity contribution >= 4 is 17.2 Å². The smallest absolute Gasteiger partial charge is 0.225 e. The molecule has 0 saturated carbocycles. The fraction of sp³-hybridized carbons (Fsp3) is 0.615. The number of hydrogen-bond acceptors (Lipinski definition) is 3. The summed E-state index contributed by atoms with van der Waals surface area (Å²) in [6, 6.07) is 2.35. The van der Waals surface area contributed by atoms with Crippen LogP contribution in [-0.4, -0.2) is 31.4 Å². The molecule has 0 fully saturated rings. The fourth-order valence-corrected chi connectivity index (χ4v) is 2.22. The molecule has 4 heteroatoms. The number of nitrogens with zero attached hydrogens (tertiary/aromatic N) is 1.